The average molecular weight is 264 g/mol. The maximum atomic E-state index is 6.57. The van der Waals surface area contributed by atoms with Gasteiger partial charge in [-0.15, -0.1) is 0 Å². The second kappa shape index (κ2) is 6.06. The van der Waals surface area contributed by atoms with E-state index in [0.29, 0.717) is 0 Å². The van der Waals surface area contributed by atoms with Gasteiger partial charge < -0.3 is 5.73 Å². The summed E-state index contributed by atoms with van der Waals surface area (Å²) < 4.78 is 2.02. The third kappa shape index (κ3) is 3.00. The largest absolute Gasteiger partial charge is 0.321 e. The van der Waals surface area contributed by atoms with Crippen molar-refractivity contribution in [3.63, 3.8) is 0 Å². The molecule has 1 atom stereocenters. The van der Waals surface area contributed by atoms with E-state index in [0.717, 1.165) is 12.2 Å². The van der Waals surface area contributed by atoms with Gasteiger partial charge in [0.25, 0.3) is 0 Å². The van der Waals surface area contributed by atoms with Gasteiger partial charge in [0.15, 0.2) is 0 Å². The van der Waals surface area contributed by atoms with E-state index in [1.807, 2.05) is 10.9 Å². The Hall–Kier alpha value is -0.870. The average Bonchev–Trinajstić information content (AvgIpc) is 2.69. The molecule has 4 nitrogen and oxygen atoms in total. The highest BCUT2D eigenvalue weighted by atomic mass is 15.3. The molecular formula is C15H28N4. The van der Waals surface area contributed by atoms with Crippen LogP contribution in [0.3, 0.4) is 0 Å². The zero-order valence-electron chi connectivity index (χ0n) is 12.6. The van der Waals surface area contributed by atoms with Crippen molar-refractivity contribution in [1.29, 1.82) is 0 Å². The van der Waals surface area contributed by atoms with Crippen LogP contribution in [0.15, 0.2) is 12.3 Å². The first-order chi connectivity index (χ1) is 9.07. The van der Waals surface area contributed by atoms with Crippen molar-refractivity contribution in [3.8, 4) is 0 Å². The quantitative estimate of drug-likeness (QED) is 0.909. The van der Waals surface area contributed by atoms with Crippen LogP contribution in [-0.4, -0.2) is 33.3 Å². The topological polar surface area (TPSA) is 47.1 Å². The summed E-state index contributed by atoms with van der Waals surface area (Å²) in [6.45, 7) is 9.88. The first-order valence-electron chi connectivity index (χ1n) is 7.59. The molecule has 0 radical (unpaired) electrons. The molecule has 0 amide bonds. The number of hydrogen-bond donors (Lipinski definition) is 1. The lowest BCUT2D eigenvalue weighted by Crippen LogP contribution is -2.52. The number of rotatable bonds is 4. The van der Waals surface area contributed by atoms with E-state index in [1.54, 1.807) is 0 Å². The first kappa shape index (κ1) is 14.5. The molecule has 2 rings (SSSR count). The van der Waals surface area contributed by atoms with Gasteiger partial charge in [-0.05, 0) is 52.8 Å². The maximum absolute atomic E-state index is 6.57. The molecule has 19 heavy (non-hydrogen) atoms. The monoisotopic (exact) mass is 264 g/mol. The van der Waals surface area contributed by atoms with Gasteiger partial charge in [0.1, 0.15) is 0 Å². The Bertz CT molecular complexity index is 389. The van der Waals surface area contributed by atoms with Crippen LogP contribution in [0.25, 0.3) is 0 Å². The summed E-state index contributed by atoms with van der Waals surface area (Å²) >= 11 is 0. The molecule has 1 aromatic heterocycles. The molecule has 2 N–H and O–H groups in total. The van der Waals surface area contributed by atoms with Gasteiger partial charge in [0, 0.05) is 18.3 Å². The Kier molecular flexibility index (Phi) is 4.63. The normalized spacial score (nSPS) is 20.2. The van der Waals surface area contributed by atoms with Gasteiger partial charge in [0.05, 0.1) is 11.7 Å². The fourth-order valence-electron chi connectivity index (χ4n) is 3.08. The van der Waals surface area contributed by atoms with E-state index < -0.39 is 0 Å². The van der Waals surface area contributed by atoms with E-state index in [2.05, 4.69) is 36.8 Å². The van der Waals surface area contributed by atoms with Crippen molar-refractivity contribution >= 4 is 0 Å². The molecule has 0 saturated carbocycles. The van der Waals surface area contributed by atoms with Crippen molar-refractivity contribution < 1.29 is 0 Å². The Morgan fingerprint density at radius 1 is 1.26 bits per heavy atom. The zero-order chi connectivity index (χ0) is 13.9. The van der Waals surface area contributed by atoms with Gasteiger partial charge >= 0.3 is 0 Å². The third-order valence-electron chi connectivity index (χ3n) is 4.55. The van der Waals surface area contributed by atoms with Gasteiger partial charge in [-0.3, -0.25) is 9.58 Å². The van der Waals surface area contributed by atoms with Crippen LogP contribution in [0.5, 0.6) is 0 Å². The number of nitrogens with zero attached hydrogens (tertiary/aromatic N) is 3. The van der Waals surface area contributed by atoms with Crippen LogP contribution >= 0.6 is 0 Å². The van der Waals surface area contributed by atoms with Crippen LogP contribution < -0.4 is 5.73 Å². The molecule has 4 heteroatoms. The highest BCUT2D eigenvalue weighted by Crippen LogP contribution is 2.30. The number of aromatic nitrogens is 2. The molecule has 0 bridgehead atoms. The van der Waals surface area contributed by atoms with E-state index in [4.69, 9.17) is 5.73 Å². The Balaban J connectivity index is 2.17. The molecule has 1 aliphatic rings. The standard InChI is InChI=1S/C15H28N4/c1-4-19-13(9-10-17-19)14(16)15(2,3)18-11-7-5-6-8-12-18/h9-10,14H,4-8,11-12,16H2,1-3H3. The summed E-state index contributed by atoms with van der Waals surface area (Å²) in [5.41, 5.74) is 7.71. The fourth-order valence-corrected chi connectivity index (χ4v) is 3.08. The van der Waals surface area contributed by atoms with Crippen LogP contribution in [0.2, 0.25) is 0 Å². The molecule has 1 fully saturated rings. The summed E-state index contributed by atoms with van der Waals surface area (Å²) in [7, 11) is 0. The minimum Gasteiger partial charge on any atom is -0.321 e. The minimum atomic E-state index is -0.0166. The summed E-state index contributed by atoms with van der Waals surface area (Å²) in [6.07, 6.45) is 7.16. The van der Waals surface area contributed by atoms with Gasteiger partial charge in [-0.2, -0.15) is 5.10 Å². The molecular weight excluding hydrogens is 236 g/mol. The predicted octanol–water partition coefficient (Wildman–Crippen LogP) is 2.56. The van der Waals surface area contributed by atoms with E-state index in [9.17, 15) is 0 Å². The molecule has 0 aliphatic carbocycles. The molecule has 1 unspecified atom stereocenters. The summed E-state index contributed by atoms with van der Waals surface area (Å²) in [4.78, 5) is 2.57. The Morgan fingerprint density at radius 3 is 2.47 bits per heavy atom. The lowest BCUT2D eigenvalue weighted by Gasteiger charge is -2.42. The van der Waals surface area contributed by atoms with Crippen molar-refractivity contribution in [3.05, 3.63) is 18.0 Å². The molecule has 0 spiro atoms. The van der Waals surface area contributed by atoms with E-state index >= 15 is 0 Å². The van der Waals surface area contributed by atoms with E-state index in [-0.39, 0.29) is 11.6 Å². The van der Waals surface area contributed by atoms with Crippen LogP contribution in [0.1, 0.15) is 58.2 Å². The highest BCUT2D eigenvalue weighted by Gasteiger charge is 2.35. The lowest BCUT2D eigenvalue weighted by atomic mass is 9.90. The molecule has 1 aliphatic heterocycles. The molecule has 1 aromatic rings. The van der Waals surface area contributed by atoms with Crippen molar-refractivity contribution in [2.75, 3.05) is 13.1 Å². The zero-order valence-corrected chi connectivity index (χ0v) is 12.6. The summed E-state index contributed by atoms with van der Waals surface area (Å²) in [5, 5.41) is 4.35. The van der Waals surface area contributed by atoms with Crippen LogP contribution in [0.4, 0.5) is 0 Å². The van der Waals surface area contributed by atoms with Gasteiger partial charge in [0.2, 0.25) is 0 Å². The van der Waals surface area contributed by atoms with Crippen LogP contribution in [0, 0.1) is 0 Å². The summed E-state index contributed by atoms with van der Waals surface area (Å²) in [6, 6.07) is 2.07. The SMILES string of the molecule is CCn1nccc1C(N)C(C)(C)N1CCCCCC1. The second-order valence-electron chi connectivity index (χ2n) is 6.10. The van der Waals surface area contributed by atoms with Crippen molar-refractivity contribution in [2.24, 2.45) is 5.73 Å². The van der Waals surface area contributed by atoms with Gasteiger partial charge in [-0.25, -0.2) is 0 Å². The Labute approximate surface area is 117 Å². The predicted molar refractivity (Wildman–Crippen MR) is 78.9 cm³/mol. The van der Waals surface area contributed by atoms with Crippen molar-refractivity contribution in [2.45, 2.75) is 64.6 Å². The highest BCUT2D eigenvalue weighted by molar-refractivity contribution is 5.13. The minimum absolute atomic E-state index is 0.00745. The molecule has 2 heterocycles. The molecule has 108 valence electrons. The number of likely N-dealkylation sites (tertiary alicyclic amines) is 1. The fraction of sp³-hybridized carbons (Fsp3) is 0.800. The van der Waals surface area contributed by atoms with Gasteiger partial charge in [-0.1, -0.05) is 12.8 Å². The number of nitrogens with two attached hydrogens (primary N) is 1. The second-order valence-corrected chi connectivity index (χ2v) is 6.10. The maximum Gasteiger partial charge on any atom is 0.0648 e. The molecule has 0 aromatic carbocycles. The summed E-state index contributed by atoms with van der Waals surface area (Å²) in [5.74, 6) is 0. The van der Waals surface area contributed by atoms with Crippen LogP contribution in [-0.2, 0) is 6.54 Å². The smallest absolute Gasteiger partial charge is 0.0648 e. The number of hydrogen-bond acceptors (Lipinski definition) is 3. The lowest BCUT2D eigenvalue weighted by molar-refractivity contribution is 0.0949. The van der Waals surface area contributed by atoms with Crippen molar-refractivity contribution in [1.82, 2.24) is 14.7 Å². The number of aryl methyl sites for hydroxylation is 1. The Morgan fingerprint density at radius 2 is 1.89 bits per heavy atom. The van der Waals surface area contributed by atoms with E-state index in [1.165, 1.54) is 38.8 Å². The molecule has 1 saturated heterocycles. The third-order valence-corrected chi connectivity index (χ3v) is 4.55. The first-order valence-corrected chi connectivity index (χ1v) is 7.59.